The third-order valence-electron chi connectivity index (χ3n) is 0.917. The van der Waals surface area contributed by atoms with Crippen LogP contribution in [0, 0.1) is 0 Å². The highest BCUT2D eigenvalue weighted by Gasteiger charge is 2.13. The summed E-state index contributed by atoms with van der Waals surface area (Å²) in [6.07, 6.45) is -2.13. The fourth-order valence-corrected chi connectivity index (χ4v) is 0.384. The van der Waals surface area contributed by atoms with Gasteiger partial charge in [-0.15, -0.1) is 0 Å². The predicted molar refractivity (Wildman–Crippen MR) is 41.6 cm³/mol. The molecular formula is C5H11O5P. The minimum absolute atomic E-state index is 0. The molecule has 0 aromatic carbocycles. The number of aliphatic hydroxyl groups excluding tert-OH is 1. The summed E-state index contributed by atoms with van der Waals surface area (Å²) < 4.78 is 0. The molecule has 0 heterocycles. The van der Waals surface area contributed by atoms with Gasteiger partial charge in [0.2, 0.25) is 0 Å². The first kappa shape index (κ1) is 13.0. The summed E-state index contributed by atoms with van der Waals surface area (Å²) in [5.74, 6) is -2.50. The number of carbonyl (C=O) groups is 2. The monoisotopic (exact) mass is 182 g/mol. The minimum Gasteiger partial charge on any atom is -0.481 e. The van der Waals surface area contributed by atoms with E-state index in [2.05, 4.69) is 0 Å². The van der Waals surface area contributed by atoms with Crippen LogP contribution in [0.3, 0.4) is 0 Å². The van der Waals surface area contributed by atoms with Crippen LogP contribution in [0.4, 0.5) is 0 Å². The number of hydrogen-bond acceptors (Lipinski definition) is 3. The van der Waals surface area contributed by atoms with Gasteiger partial charge in [-0.3, -0.25) is 4.79 Å². The number of aliphatic hydroxyl groups is 1. The molecule has 0 radical (unpaired) electrons. The molecule has 2 unspecified atom stereocenters. The lowest BCUT2D eigenvalue weighted by atomic mass is 10.2. The molecule has 0 aliphatic heterocycles. The molecule has 0 aliphatic rings. The topological polar surface area (TPSA) is 94.8 Å². The molecule has 0 aromatic rings. The molecule has 0 saturated carbocycles. The number of rotatable bonds is 4. The normalized spacial score (nSPS) is 11.4. The van der Waals surface area contributed by atoms with E-state index in [-0.39, 0.29) is 22.7 Å². The maximum atomic E-state index is 9.87. The van der Waals surface area contributed by atoms with Crippen molar-refractivity contribution in [2.24, 2.45) is 0 Å². The van der Waals surface area contributed by atoms with Crippen LogP contribution in [0.15, 0.2) is 0 Å². The van der Waals surface area contributed by atoms with Crippen molar-refractivity contribution in [3.05, 3.63) is 0 Å². The molecule has 5 nitrogen and oxygen atoms in total. The fourth-order valence-electron chi connectivity index (χ4n) is 0.384. The van der Waals surface area contributed by atoms with Crippen LogP contribution in [-0.2, 0) is 9.59 Å². The van der Waals surface area contributed by atoms with Crippen molar-refractivity contribution in [1.82, 2.24) is 0 Å². The Balaban J connectivity index is 0. The maximum absolute atomic E-state index is 9.87. The van der Waals surface area contributed by atoms with Crippen LogP contribution in [0.2, 0.25) is 0 Å². The second-order valence-electron chi connectivity index (χ2n) is 1.79. The Hall–Kier alpha value is -0.670. The minimum atomic E-state index is -1.56. The molecule has 0 bridgehead atoms. The molecule has 2 atom stereocenters. The van der Waals surface area contributed by atoms with Crippen molar-refractivity contribution in [2.45, 2.75) is 18.9 Å². The molecule has 0 aliphatic carbocycles. The van der Waals surface area contributed by atoms with E-state index in [9.17, 15) is 9.59 Å². The van der Waals surface area contributed by atoms with Crippen LogP contribution >= 0.6 is 9.90 Å². The van der Waals surface area contributed by atoms with Crippen LogP contribution in [-0.4, -0.2) is 33.4 Å². The van der Waals surface area contributed by atoms with Gasteiger partial charge in [-0.25, -0.2) is 4.79 Å². The van der Waals surface area contributed by atoms with Gasteiger partial charge in [-0.2, -0.15) is 9.90 Å². The Kier molecular flexibility index (Phi) is 7.15. The molecule has 0 fully saturated rings. The number of carboxylic acids is 2. The largest absolute Gasteiger partial charge is 0.481 e. The molecule has 6 heteroatoms. The van der Waals surface area contributed by atoms with Gasteiger partial charge in [0, 0.05) is 6.42 Å². The highest BCUT2D eigenvalue weighted by atomic mass is 31.0. The zero-order valence-electron chi connectivity index (χ0n) is 5.86. The third-order valence-corrected chi connectivity index (χ3v) is 0.917. The van der Waals surface area contributed by atoms with Crippen molar-refractivity contribution < 1.29 is 24.9 Å². The van der Waals surface area contributed by atoms with E-state index in [4.69, 9.17) is 15.3 Å². The van der Waals surface area contributed by atoms with Gasteiger partial charge in [-0.1, -0.05) is 0 Å². The molecule has 0 rings (SSSR count). The van der Waals surface area contributed by atoms with Crippen molar-refractivity contribution in [1.29, 1.82) is 0 Å². The summed E-state index contributed by atoms with van der Waals surface area (Å²) in [5, 5.41) is 24.6. The van der Waals surface area contributed by atoms with Crippen molar-refractivity contribution >= 4 is 21.8 Å². The Morgan fingerprint density at radius 2 is 1.73 bits per heavy atom. The van der Waals surface area contributed by atoms with E-state index >= 15 is 0 Å². The molecule has 11 heavy (non-hydrogen) atoms. The van der Waals surface area contributed by atoms with Crippen molar-refractivity contribution in [3.8, 4) is 0 Å². The molecule has 0 aromatic heterocycles. The zero-order chi connectivity index (χ0) is 8.15. The van der Waals surface area contributed by atoms with Gasteiger partial charge < -0.3 is 15.3 Å². The van der Waals surface area contributed by atoms with Gasteiger partial charge in [0.05, 0.1) is 0 Å². The Labute approximate surface area is 66.7 Å². The highest BCUT2D eigenvalue weighted by Crippen LogP contribution is 1.95. The molecule has 0 spiro atoms. The van der Waals surface area contributed by atoms with Gasteiger partial charge in [0.1, 0.15) is 0 Å². The van der Waals surface area contributed by atoms with Gasteiger partial charge >= 0.3 is 11.9 Å². The quantitative estimate of drug-likeness (QED) is 0.502. The molecule has 3 N–H and O–H groups in total. The lowest BCUT2D eigenvalue weighted by Gasteiger charge is -2.00. The second kappa shape index (κ2) is 6.07. The first-order valence-electron chi connectivity index (χ1n) is 2.66. The summed E-state index contributed by atoms with van der Waals surface area (Å²) in [7, 11) is 0. The standard InChI is InChI=1S/C5H8O5.H3P/c6-3(5(9)10)1-2-4(7)8;/h3,6H,1-2H2,(H,7,8)(H,9,10);1H3. The van der Waals surface area contributed by atoms with E-state index in [0.29, 0.717) is 0 Å². The summed E-state index contributed by atoms with van der Waals surface area (Å²) in [6, 6.07) is 0. The zero-order valence-corrected chi connectivity index (χ0v) is 7.27. The smallest absolute Gasteiger partial charge is 0.332 e. The Morgan fingerprint density at radius 3 is 2.00 bits per heavy atom. The second-order valence-corrected chi connectivity index (χ2v) is 1.79. The Bertz CT molecular complexity index is 146. The van der Waals surface area contributed by atoms with E-state index in [1.54, 1.807) is 0 Å². The van der Waals surface area contributed by atoms with Gasteiger partial charge in [0.15, 0.2) is 6.10 Å². The lowest BCUT2D eigenvalue weighted by Crippen LogP contribution is -2.20. The summed E-state index contributed by atoms with van der Waals surface area (Å²) in [5.41, 5.74) is 0. The average Bonchev–Trinajstić information content (AvgIpc) is 1.82. The lowest BCUT2D eigenvalue weighted by molar-refractivity contribution is -0.147. The predicted octanol–water partition coefficient (Wildman–Crippen LogP) is -0.645. The van der Waals surface area contributed by atoms with E-state index < -0.39 is 18.0 Å². The van der Waals surface area contributed by atoms with Crippen LogP contribution in [0.25, 0.3) is 0 Å². The van der Waals surface area contributed by atoms with Crippen molar-refractivity contribution in [3.63, 3.8) is 0 Å². The number of hydrogen-bond donors (Lipinski definition) is 3. The van der Waals surface area contributed by atoms with E-state index in [1.807, 2.05) is 0 Å². The third kappa shape index (κ3) is 7.22. The maximum Gasteiger partial charge on any atom is 0.332 e. The highest BCUT2D eigenvalue weighted by molar-refractivity contribution is 6.92. The summed E-state index contributed by atoms with van der Waals surface area (Å²) in [6.45, 7) is 0. The molecule has 66 valence electrons. The first-order chi connectivity index (χ1) is 4.54. The van der Waals surface area contributed by atoms with E-state index in [1.165, 1.54) is 0 Å². The summed E-state index contributed by atoms with van der Waals surface area (Å²) >= 11 is 0. The SMILES string of the molecule is O=C(O)CCC(O)C(=O)O.P. The molecule has 0 saturated heterocycles. The van der Waals surface area contributed by atoms with Gasteiger partial charge in [-0.05, 0) is 6.42 Å². The van der Waals surface area contributed by atoms with Crippen molar-refractivity contribution in [2.75, 3.05) is 0 Å². The van der Waals surface area contributed by atoms with Gasteiger partial charge in [0.25, 0.3) is 0 Å². The van der Waals surface area contributed by atoms with Crippen LogP contribution < -0.4 is 0 Å². The Morgan fingerprint density at radius 1 is 1.27 bits per heavy atom. The fraction of sp³-hybridized carbons (Fsp3) is 0.600. The van der Waals surface area contributed by atoms with Crippen LogP contribution in [0.1, 0.15) is 12.8 Å². The molecular weight excluding hydrogens is 171 g/mol. The first-order valence-corrected chi connectivity index (χ1v) is 2.66. The molecule has 0 amide bonds. The van der Waals surface area contributed by atoms with E-state index in [0.717, 1.165) is 0 Å². The average molecular weight is 182 g/mol. The number of carboxylic acid groups (broad SMARTS) is 2. The number of aliphatic carboxylic acids is 2. The van der Waals surface area contributed by atoms with Crippen LogP contribution in [0.5, 0.6) is 0 Å². The summed E-state index contributed by atoms with van der Waals surface area (Å²) in [4.78, 5) is 19.7.